The van der Waals surface area contributed by atoms with Crippen molar-refractivity contribution in [2.24, 2.45) is 5.84 Å². The van der Waals surface area contributed by atoms with E-state index in [1.807, 2.05) is 54.7 Å². The molecule has 0 aliphatic heterocycles. The van der Waals surface area contributed by atoms with Gasteiger partial charge >= 0.3 is 0 Å². The van der Waals surface area contributed by atoms with E-state index in [0.29, 0.717) is 16.4 Å². The van der Waals surface area contributed by atoms with Crippen molar-refractivity contribution in [2.45, 2.75) is 0 Å². The van der Waals surface area contributed by atoms with E-state index in [-0.39, 0.29) is 5.95 Å². The van der Waals surface area contributed by atoms with Crippen molar-refractivity contribution in [1.29, 1.82) is 5.26 Å². The molecular formula is C17H12ClN5. The summed E-state index contributed by atoms with van der Waals surface area (Å²) in [6.07, 6.45) is 1.81. The Labute approximate surface area is 138 Å². The number of anilines is 1. The van der Waals surface area contributed by atoms with Gasteiger partial charge in [-0.1, -0.05) is 54.1 Å². The summed E-state index contributed by atoms with van der Waals surface area (Å²) in [5.74, 6) is 5.78. The van der Waals surface area contributed by atoms with Crippen LogP contribution < -0.4 is 10.9 Å². The zero-order valence-corrected chi connectivity index (χ0v) is 12.8. The Kier molecular flexibility index (Phi) is 4.20. The molecule has 0 atom stereocenters. The number of nitrogens with two attached hydrogens (primary N) is 1. The standard InChI is InChI=1S/C17H12ClN5/c18-14-8-6-13(7-9-14)16-10-15(12-4-2-1-3-5-12)21-17(22-16)23(20)11-19/h1-10H,20H2. The van der Waals surface area contributed by atoms with Crippen molar-refractivity contribution in [3.8, 4) is 28.7 Å². The highest BCUT2D eigenvalue weighted by Gasteiger charge is 2.11. The van der Waals surface area contributed by atoms with Gasteiger partial charge in [-0.2, -0.15) is 10.3 Å². The summed E-state index contributed by atoms with van der Waals surface area (Å²) < 4.78 is 0. The van der Waals surface area contributed by atoms with Crippen molar-refractivity contribution in [1.82, 2.24) is 9.97 Å². The Morgan fingerprint density at radius 3 is 2.04 bits per heavy atom. The predicted molar refractivity (Wildman–Crippen MR) is 90.2 cm³/mol. The van der Waals surface area contributed by atoms with E-state index in [4.69, 9.17) is 22.7 Å². The quantitative estimate of drug-likeness (QED) is 0.345. The second kappa shape index (κ2) is 6.44. The molecule has 1 heterocycles. The molecule has 0 aliphatic rings. The number of hydrazine groups is 1. The number of halogens is 1. The van der Waals surface area contributed by atoms with Crippen LogP contribution in [0.25, 0.3) is 22.5 Å². The zero-order chi connectivity index (χ0) is 16.2. The second-order valence-corrected chi connectivity index (χ2v) is 5.22. The van der Waals surface area contributed by atoms with Crippen LogP contribution >= 0.6 is 11.6 Å². The van der Waals surface area contributed by atoms with Gasteiger partial charge in [-0.3, -0.25) is 0 Å². The lowest BCUT2D eigenvalue weighted by atomic mass is 10.1. The molecule has 5 nitrogen and oxygen atoms in total. The highest BCUT2D eigenvalue weighted by molar-refractivity contribution is 6.30. The lowest BCUT2D eigenvalue weighted by Gasteiger charge is -2.11. The molecule has 2 N–H and O–H groups in total. The fourth-order valence-corrected chi connectivity index (χ4v) is 2.24. The first kappa shape index (κ1) is 15.0. The van der Waals surface area contributed by atoms with Crippen LogP contribution in [-0.4, -0.2) is 9.97 Å². The summed E-state index contributed by atoms with van der Waals surface area (Å²) in [6, 6.07) is 18.8. The summed E-state index contributed by atoms with van der Waals surface area (Å²) in [7, 11) is 0. The van der Waals surface area contributed by atoms with E-state index in [1.165, 1.54) is 0 Å². The third-order valence-corrected chi connectivity index (χ3v) is 3.50. The maximum absolute atomic E-state index is 9.00. The predicted octanol–water partition coefficient (Wildman–Crippen LogP) is 3.63. The molecular weight excluding hydrogens is 310 g/mol. The highest BCUT2D eigenvalue weighted by atomic mass is 35.5. The molecule has 3 rings (SSSR count). The third-order valence-electron chi connectivity index (χ3n) is 3.25. The highest BCUT2D eigenvalue weighted by Crippen LogP contribution is 2.26. The average molecular weight is 322 g/mol. The molecule has 0 unspecified atom stereocenters. The van der Waals surface area contributed by atoms with Gasteiger partial charge < -0.3 is 0 Å². The SMILES string of the molecule is N#CN(N)c1nc(-c2ccccc2)cc(-c2ccc(Cl)cc2)n1. The molecule has 2 aromatic carbocycles. The van der Waals surface area contributed by atoms with Crippen molar-refractivity contribution in [3.05, 3.63) is 65.7 Å². The van der Waals surface area contributed by atoms with Crippen LogP contribution in [0, 0.1) is 11.5 Å². The monoisotopic (exact) mass is 321 g/mol. The van der Waals surface area contributed by atoms with Gasteiger partial charge in [-0.15, -0.1) is 0 Å². The van der Waals surface area contributed by atoms with Crippen molar-refractivity contribution in [3.63, 3.8) is 0 Å². The number of nitriles is 1. The fourth-order valence-electron chi connectivity index (χ4n) is 2.11. The van der Waals surface area contributed by atoms with Gasteiger partial charge in [-0.25, -0.2) is 15.8 Å². The molecule has 0 aliphatic carbocycles. The summed E-state index contributed by atoms with van der Waals surface area (Å²) in [6.45, 7) is 0. The topological polar surface area (TPSA) is 78.8 Å². The average Bonchev–Trinajstić information content (AvgIpc) is 2.62. The molecule has 0 fully saturated rings. The molecule has 0 bridgehead atoms. The Bertz CT molecular complexity index is 856. The largest absolute Gasteiger partial charge is 0.255 e. The van der Waals surface area contributed by atoms with Gasteiger partial charge in [0.15, 0.2) is 0 Å². The number of rotatable bonds is 3. The zero-order valence-electron chi connectivity index (χ0n) is 12.0. The minimum atomic E-state index is 0.138. The smallest absolute Gasteiger partial charge is 0.231 e. The Hall–Kier alpha value is -2.94. The van der Waals surface area contributed by atoms with Crippen LogP contribution in [-0.2, 0) is 0 Å². The Morgan fingerprint density at radius 1 is 0.913 bits per heavy atom. The van der Waals surface area contributed by atoms with Gasteiger partial charge in [0.1, 0.15) is 0 Å². The molecule has 23 heavy (non-hydrogen) atoms. The van der Waals surface area contributed by atoms with E-state index in [2.05, 4.69) is 9.97 Å². The summed E-state index contributed by atoms with van der Waals surface area (Å²) in [4.78, 5) is 8.71. The van der Waals surface area contributed by atoms with E-state index < -0.39 is 0 Å². The summed E-state index contributed by atoms with van der Waals surface area (Å²) >= 11 is 5.93. The summed E-state index contributed by atoms with van der Waals surface area (Å²) in [5.41, 5.74) is 3.13. The van der Waals surface area contributed by atoms with Gasteiger partial charge in [-0.05, 0) is 18.2 Å². The molecule has 3 aromatic rings. The number of hydrogen-bond acceptors (Lipinski definition) is 5. The molecule has 0 saturated heterocycles. The molecule has 0 amide bonds. The van der Waals surface area contributed by atoms with Crippen molar-refractivity contribution < 1.29 is 0 Å². The van der Waals surface area contributed by atoms with Gasteiger partial charge in [0.2, 0.25) is 6.19 Å². The fraction of sp³-hybridized carbons (Fsp3) is 0. The van der Waals surface area contributed by atoms with E-state index in [0.717, 1.165) is 16.1 Å². The van der Waals surface area contributed by atoms with E-state index in [1.54, 1.807) is 12.1 Å². The first-order valence-electron chi connectivity index (χ1n) is 6.82. The lowest BCUT2D eigenvalue weighted by Crippen LogP contribution is -2.26. The molecule has 0 radical (unpaired) electrons. The van der Waals surface area contributed by atoms with Crippen molar-refractivity contribution >= 4 is 17.5 Å². The summed E-state index contributed by atoms with van der Waals surface area (Å²) in [5, 5.41) is 10.5. The molecule has 1 aromatic heterocycles. The van der Waals surface area contributed by atoms with Crippen LogP contribution in [0.3, 0.4) is 0 Å². The minimum absolute atomic E-state index is 0.138. The number of hydrogen-bond donors (Lipinski definition) is 1. The number of benzene rings is 2. The van der Waals surface area contributed by atoms with Crippen LogP contribution in [0.2, 0.25) is 5.02 Å². The molecule has 0 saturated carbocycles. The first-order chi connectivity index (χ1) is 11.2. The number of aromatic nitrogens is 2. The number of nitrogens with zero attached hydrogens (tertiary/aromatic N) is 4. The van der Waals surface area contributed by atoms with E-state index in [9.17, 15) is 0 Å². The van der Waals surface area contributed by atoms with Crippen LogP contribution in [0.1, 0.15) is 0 Å². The van der Waals surface area contributed by atoms with Crippen LogP contribution in [0.4, 0.5) is 5.95 Å². The Balaban J connectivity index is 2.16. The van der Waals surface area contributed by atoms with Gasteiger partial charge in [0, 0.05) is 16.1 Å². The van der Waals surface area contributed by atoms with Gasteiger partial charge in [0.05, 0.1) is 11.4 Å². The normalized spacial score (nSPS) is 10.1. The second-order valence-electron chi connectivity index (χ2n) is 4.78. The van der Waals surface area contributed by atoms with Crippen LogP contribution in [0.5, 0.6) is 0 Å². The molecule has 112 valence electrons. The van der Waals surface area contributed by atoms with E-state index >= 15 is 0 Å². The Morgan fingerprint density at radius 2 is 1.48 bits per heavy atom. The van der Waals surface area contributed by atoms with Crippen LogP contribution in [0.15, 0.2) is 60.7 Å². The van der Waals surface area contributed by atoms with Crippen molar-refractivity contribution in [2.75, 3.05) is 5.01 Å². The third kappa shape index (κ3) is 3.29. The lowest BCUT2D eigenvalue weighted by molar-refractivity contribution is 0.985. The molecule has 6 heteroatoms. The first-order valence-corrected chi connectivity index (χ1v) is 7.20. The molecule has 0 spiro atoms. The maximum Gasteiger partial charge on any atom is 0.255 e. The minimum Gasteiger partial charge on any atom is -0.231 e. The maximum atomic E-state index is 9.00. The van der Waals surface area contributed by atoms with Gasteiger partial charge in [0.25, 0.3) is 5.95 Å².